The second-order valence-electron chi connectivity index (χ2n) is 5.65. The third-order valence-electron chi connectivity index (χ3n) is 4.21. The fourth-order valence-corrected chi connectivity index (χ4v) is 4.97. The molecule has 124 valence electrons. The standard InChI is InChI=1S/C16H13BrN2O4S/c17-12-6-10-11-7-18(13(15(20)21)14(10)24-12)16(22)19(11)23-8-9-4-2-1-3-5-9/h1-6,11,13H,7-8H2,(H,20,21)/t11-,13?/m1/s1. The Labute approximate surface area is 150 Å². The van der Waals surface area contributed by atoms with Gasteiger partial charge in [-0.15, -0.1) is 11.3 Å². The lowest BCUT2D eigenvalue weighted by atomic mass is 10.00. The predicted molar refractivity (Wildman–Crippen MR) is 90.3 cm³/mol. The van der Waals surface area contributed by atoms with Gasteiger partial charge in [0.1, 0.15) is 12.6 Å². The van der Waals surface area contributed by atoms with Crippen LogP contribution in [0.2, 0.25) is 0 Å². The number of aliphatic carboxylic acids is 1. The molecule has 0 spiro atoms. The lowest BCUT2D eigenvalue weighted by molar-refractivity contribution is -0.143. The zero-order chi connectivity index (χ0) is 16.8. The number of carbonyl (C=O) groups excluding carboxylic acids is 1. The van der Waals surface area contributed by atoms with Gasteiger partial charge in [-0.1, -0.05) is 30.3 Å². The molecule has 4 rings (SSSR count). The number of rotatable bonds is 4. The first-order valence-corrected chi connectivity index (χ1v) is 8.96. The molecule has 2 atom stereocenters. The number of hydrogen-bond donors (Lipinski definition) is 1. The molecule has 3 heterocycles. The van der Waals surface area contributed by atoms with Crippen LogP contribution in [-0.4, -0.2) is 33.6 Å². The van der Waals surface area contributed by atoms with E-state index in [0.29, 0.717) is 11.4 Å². The minimum absolute atomic E-state index is 0.259. The van der Waals surface area contributed by atoms with Crippen LogP contribution in [0, 0.1) is 0 Å². The van der Waals surface area contributed by atoms with Crippen molar-refractivity contribution in [2.45, 2.75) is 18.7 Å². The predicted octanol–water partition coefficient (Wildman–Crippen LogP) is 3.56. The van der Waals surface area contributed by atoms with Gasteiger partial charge in [0.25, 0.3) is 0 Å². The molecule has 6 nitrogen and oxygen atoms in total. The number of benzene rings is 1. The Hall–Kier alpha value is -1.90. The summed E-state index contributed by atoms with van der Waals surface area (Å²) in [4.78, 5) is 32.1. The molecule has 24 heavy (non-hydrogen) atoms. The Morgan fingerprint density at radius 2 is 2.12 bits per heavy atom. The molecule has 8 heteroatoms. The van der Waals surface area contributed by atoms with E-state index in [1.807, 2.05) is 36.4 Å². The molecule has 2 amide bonds. The molecule has 1 aromatic carbocycles. The van der Waals surface area contributed by atoms with Gasteiger partial charge in [0, 0.05) is 4.88 Å². The largest absolute Gasteiger partial charge is 0.479 e. The maximum atomic E-state index is 12.6. The van der Waals surface area contributed by atoms with Crippen molar-refractivity contribution in [3.63, 3.8) is 0 Å². The Morgan fingerprint density at radius 1 is 1.38 bits per heavy atom. The summed E-state index contributed by atoms with van der Waals surface area (Å²) in [5, 5.41) is 10.9. The topological polar surface area (TPSA) is 70.1 Å². The van der Waals surface area contributed by atoms with Crippen LogP contribution >= 0.6 is 27.3 Å². The molecule has 0 radical (unpaired) electrons. The first kappa shape index (κ1) is 15.6. The van der Waals surface area contributed by atoms with Crippen molar-refractivity contribution in [3.8, 4) is 0 Å². The highest BCUT2D eigenvalue weighted by Crippen LogP contribution is 2.48. The number of amides is 2. The monoisotopic (exact) mass is 408 g/mol. The molecular weight excluding hydrogens is 396 g/mol. The fourth-order valence-electron chi connectivity index (χ4n) is 3.15. The molecule has 2 bridgehead atoms. The van der Waals surface area contributed by atoms with Crippen LogP contribution in [0.15, 0.2) is 40.2 Å². The minimum atomic E-state index is -1.03. The summed E-state index contributed by atoms with van der Waals surface area (Å²) in [6.07, 6.45) is 0. The van der Waals surface area contributed by atoms with Gasteiger partial charge >= 0.3 is 12.0 Å². The van der Waals surface area contributed by atoms with Gasteiger partial charge in [0.2, 0.25) is 0 Å². The van der Waals surface area contributed by atoms with E-state index in [9.17, 15) is 14.7 Å². The number of hydroxylamine groups is 2. The molecule has 0 aliphatic carbocycles. The molecule has 2 aliphatic heterocycles. The number of fused-ring (bicyclic) bond motifs is 4. The van der Waals surface area contributed by atoms with Crippen molar-refractivity contribution in [3.05, 3.63) is 56.2 Å². The molecule has 1 fully saturated rings. The number of hydrogen-bond acceptors (Lipinski definition) is 4. The number of halogens is 1. The van der Waals surface area contributed by atoms with E-state index in [-0.39, 0.29) is 12.6 Å². The molecule has 1 N–H and O–H groups in total. The highest BCUT2D eigenvalue weighted by Gasteiger charge is 2.52. The van der Waals surface area contributed by atoms with Crippen LogP contribution in [0.5, 0.6) is 0 Å². The number of nitrogens with zero attached hydrogens (tertiary/aromatic N) is 2. The van der Waals surface area contributed by atoms with Crippen molar-refractivity contribution in [2.75, 3.05) is 6.54 Å². The van der Waals surface area contributed by atoms with Gasteiger partial charge in [0.05, 0.1) is 10.3 Å². The summed E-state index contributed by atoms with van der Waals surface area (Å²) >= 11 is 4.77. The highest BCUT2D eigenvalue weighted by molar-refractivity contribution is 9.11. The Kier molecular flexibility index (Phi) is 3.82. The van der Waals surface area contributed by atoms with Crippen molar-refractivity contribution in [2.24, 2.45) is 0 Å². The number of carboxylic acid groups (broad SMARTS) is 1. The summed E-state index contributed by atoms with van der Waals surface area (Å²) in [5.74, 6) is -1.03. The summed E-state index contributed by atoms with van der Waals surface area (Å²) < 4.78 is 0.850. The number of urea groups is 1. The van der Waals surface area contributed by atoms with E-state index >= 15 is 0 Å². The van der Waals surface area contributed by atoms with Crippen molar-refractivity contribution in [1.82, 2.24) is 9.96 Å². The number of carboxylic acids is 1. The fraction of sp³-hybridized carbons (Fsp3) is 0.250. The maximum absolute atomic E-state index is 12.6. The zero-order valence-electron chi connectivity index (χ0n) is 12.4. The van der Waals surface area contributed by atoms with Crippen molar-refractivity contribution in [1.29, 1.82) is 0 Å². The van der Waals surface area contributed by atoms with Gasteiger partial charge in [-0.2, -0.15) is 5.06 Å². The third-order valence-corrected chi connectivity index (χ3v) is 5.92. The van der Waals surface area contributed by atoms with Crippen LogP contribution in [0.3, 0.4) is 0 Å². The van der Waals surface area contributed by atoms with Gasteiger partial charge in [-0.3, -0.25) is 4.84 Å². The van der Waals surface area contributed by atoms with E-state index < -0.39 is 18.0 Å². The smallest absolute Gasteiger partial charge is 0.345 e. The highest BCUT2D eigenvalue weighted by atomic mass is 79.9. The average Bonchev–Trinajstić information content (AvgIpc) is 3.07. The number of carbonyl (C=O) groups is 2. The third kappa shape index (κ3) is 2.42. The van der Waals surface area contributed by atoms with E-state index in [1.165, 1.54) is 21.3 Å². The summed E-state index contributed by atoms with van der Waals surface area (Å²) in [6, 6.07) is 9.80. The summed E-state index contributed by atoms with van der Waals surface area (Å²) in [5.41, 5.74) is 1.79. The molecule has 1 aromatic heterocycles. The SMILES string of the molecule is O=C(O)C1c2sc(Br)cc2[C@H]2CN1C(=O)N2OCc1ccccc1. The van der Waals surface area contributed by atoms with Crippen LogP contribution in [0.4, 0.5) is 4.79 Å². The maximum Gasteiger partial charge on any atom is 0.345 e. The Morgan fingerprint density at radius 3 is 2.83 bits per heavy atom. The van der Waals surface area contributed by atoms with Crippen molar-refractivity contribution >= 4 is 39.3 Å². The molecule has 1 saturated heterocycles. The van der Waals surface area contributed by atoms with Gasteiger partial charge in [-0.25, -0.2) is 9.59 Å². The lowest BCUT2D eigenvalue weighted by Gasteiger charge is -2.27. The lowest BCUT2D eigenvalue weighted by Crippen LogP contribution is -2.37. The molecular formula is C16H13BrN2O4S. The second-order valence-corrected chi connectivity index (χ2v) is 8.11. The van der Waals surface area contributed by atoms with Crippen LogP contribution in [0.25, 0.3) is 0 Å². The molecule has 1 unspecified atom stereocenters. The normalized spacial score (nSPS) is 22.0. The van der Waals surface area contributed by atoms with E-state index in [0.717, 1.165) is 14.9 Å². The zero-order valence-corrected chi connectivity index (χ0v) is 14.8. The first-order chi connectivity index (χ1) is 11.6. The van der Waals surface area contributed by atoms with E-state index in [1.54, 1.807) is 0 Å². The first-order valence-electron chi connectivity index (χ1n) is 7.35. The second kappa shape index (κ2) is 5.87. The number of thiophene rings is 1. The van der Waals surface area contributed by atoms with Gasteiger partial charge in [0.15, 0.2) is 6.04 Å². The molecule has 2 aliphatic rings. The quantitative estimate of drug-likeness (QED) is 0.839. The molecule has 0 saturated carbocycles. The Balaban J connectivity index is 1.64. The minimum Gasteiger partial charge on any atom is -0.479 e. The van der Waals surface area contributed by atoms with Crippen LogP contribution < -0.4 is 0 Å². The molecule has 2 aromatic rings. The van der Waals surface area contributed by atoms with E-state index in [4.69, 9.17) is 4.84 Å². The van der Waals surface area contributed by atoms with Gasteiger partial charge in [-0.05, 0) is 33.1 Å². The van der Waals surface area contributed by atoms with Crippen LogP contribution in [0.1, 0.15) is 28.1 Å². The van der Waals surface area contributed by atoms with Crippen LogP contribution in [-0.2, 0) is 16.2 Å². The van der Waals surface area contributed by atoms with E-state index in [2.05, 4.69) is 15.9 Å². The van der Waals surface area contributed by atoms with Crippen molar-refractivity contribution < 1.29 is 19.5 Å². The summed E-state index contributed by atoms with van der Waals surface area (Å²) in [6.45, 7) is 0.579. The van der Waals surface area contributed by atoms with Gasteiger partial charge < -0.3 is 10.0 Å². The average molecular weight is 409 g/mol. The summed E-state index contributed by atoms with van der Waals surface area (Å²) in [7, 11) is 0. The Bertz CT molecular complexity index is 810.